The van der Waals surface area contributed by atoms with E-state index in [1.165, 1.54) is 12.8 Å². The van der Waals surface area contributed by atoms with Gasteiger partial charge in [-0.05, 0) is 44.0 Å². The van der Waals surface area contributed by atoms with E-state index in [4.69, 9.17) is 0 Å². The van der Waals surface area contributed by atoms with Gasteiger partial charge in [0.1, 0.15) is 0 Å². The Labute approximate surface area is 126 Å². The Kier molecular flexibility index (Phi) is 5.59. The van der Waals surface area contributed by atoms with Gasteiger partial charge in [-0.2, -0.15) is 0 Å². The third kappa shape index (κ3) is 5.02. The van der Waals surface area contributed by atoms with E-state index < -0.39 is 6.10 Å². The average Bonchev–Trinajstić information content (AvgIpc) is 3.28. The highest BCUT2D eigenvalue weighted by Crippen LogP contribution is 2.25. The number of aliphatic hydroxyl groups is 1. The minimum atomic E-state index is -0.536. The van der Waals surface area contributed by atoms with Crippen LogP contribution in [0.5, 0.6) is 0 Å². The molecule has 5 heteroatoms. The molecule has 1 fully saturated rings. The molecule has 2 rings (SSSR count). The topological polar surface area (TPSA) is 64.6 Å². The largest absolute Gasteiger partial charge is 0.389 e. The van der Waals surface area contributed by atoms with Crippen LogP contribution in [0.25, 0.3) is 0 Å². The van der Waals surface area contributed by atoms with Crippen LogP contribution in [0, 0.1) is 0 Å². The second-order valence-corrected chi connectivity index (χ2v) is 5.54. The fourth-order valence-corrected chi connectivity index (χ4v) is 2.40. The fourth-order valence-electron chi connectivity index (χ4n) is 2.40. The lowest BCUT2D eigenvalue weighted by atomic mass is 10.1. The van der Waals surface area contributed by atoms with Crippen LogP contribution in [0.3, 0.4) is 0 Å². The number of benzene rings is 1. The van der Waals surface area contributed by atoms with Gasteiger partial charge < -0.3 is 15.7 Å². The number of nitrogens with one attached hydrogen (secondary N) is 2. The molecule has 1 aromatic carbocycles. The van der Waals surface area contributed by atoms with Crippen LogP contribution >= 0.6 is 0 Å². The molecule has 0 radical (unpaired) electrons. The van der Waals surface area contributed by atoms with Gasteiger partial charge in [0.25, 0.3) is 0 Å². The second kappa shape index (κ2) is 7.43. The summed E-state index contributed by atoms with van der Waals surface area (Å²) in [4.78, 5) is 14.2. The van der Waals surface area contributed by atoms with E-state index in [2.05, 4.69) is 22.5 Å². The molecule has 0 spiro atoms. The van der Waals surface area contributed by atoms with E-state index in [1.807, 2.05) is 18.2 Å². The molecule has 1 saturated carbocycles. The first-order valence-corrected chi connectivity index (χ1v) is 7.67. The van der Waals surface area contributed by atoms with Crippen molar-refractivity contribution in [2.75, 3.05) is 25.0 Å². The zero-order valence-electron chi connectivity index (χ0n) is 12.8. The minimum absolute atomic E-state index is 0.204. The maximum atomic E-state index is 11.8. The fraction of sp³-hybridized carbons (Fsp3) is 0.562. The van der Waals surface area contributed by atoms with E-state index >= 15 is 0 Å². The van der Waals surface area contributed by atoms with Crippen LogP contribution in [-0.2, 0) is 0 Å². The number of urea groups is 1. The predicted molar refractivity (Wildman–Crippen MR) is 84.4 cm³/mol. The summed E-state index contributed by atoms with van der Waals surface area (Å²) in [5.74, 6) is 0. The lowest BCUT2D eigenvalue weighted by Gasteiger charge is -2.19. The molecule has 1 aliphatic carbocycles. The number of hydrogen-bond acceptors (Lipinski definition) is 3. The number of carbonyl (C=O) groups excluding carboxylic acids is 1. The first-order chi connectivity index (χ1) is 10.1. The lowest BCUT2D eigenvalue weighted by Crippen LogP contribution is -2.37. The third-order valence-corrected chi connectivity index (χ3v) is 3.78. The maximum Gasteiger partial charge on any atom is 0.319 e. The normalized spacial score (nSPS) is 15.8. The smallest absolute Gasteiger partial charge is 0.319 e. The van der Waals surface area contributed by atoms with Gasteiger partial charge in [-0.15, -0.1) is 0 Å². The average molecular weight is 291 g/mol. The Hall–Kier alpha value is -1.59. The molecule has 116 valence electrons. The van der Waals surface area contributed by atoms with Crippen LogP contribution in [0.4, 0.5) is 10.5 Å². The first kappa shape index (κ1) is 15.8. The summed E-state index contributed by atoms with van der Waals surface area (Å²) in [6, 6.07) is 7.78. The number of rotatable bonds is 7. The summed E-state index contributed by atoms with van der Waals surface area (Å²) in [6.45, 7) is 6.43. The van der Waals surface area contributed by atoms with Crippen molar-refractivity contribution in [1.82, 2.24) is 10.2 Å². The molecule has 0 heterocycles. The van der Waals surface area contributed by atoms with Crippen LogP contribution in [0.15, 0.2) is 24.3 Å². The van der Waals surface area contributed by atoms with Crippen molar-refractivity contribution >= 4 is 11.7 Å². The first-order valence-electron chi connectivity index (χ1n) is 7.67. The molecule has 0 aromatic heterocycles. The van der Waals surface area contributed by atoms with Crippen molar-refractivity contribution in [2.45, 2.75) is 38.8 Å². The van der Waals surface area contributed by atoms with Crippen LogP contribution in [0.1, 0.15) is 38.4 Å². The van der Waals surface area contributed by atoms with E-state index in [0.717, 1.165) is 24.7 Å². The summed E-state index contributed by atoms with van der Waals surface area (Å²) in [5, 5.41) is 15.2. The van der Waals surface area contributed by atoms with E-state index in [-0.39, 0.29) is 6.03 Å². The molecular weight excluding hydrogens is 266 g/mol. The summed E-state index contributed by atoms with van der Waals surface area (Å²) in [7, 11) is 0. The van der Waals surface area contributed by atoms with Crippen LogP contribution in [0.2, 0.25) is 0 Å². The molecule has 1 atom stereocenters. The molecule has 3 N–H and O–H groups in total. The summed E-state index contributed by atoms with van der Waals surface area (Å²) in [6.07, 6.45) is 2.03. The zero-order chi connectivity index (χ0) is 15.2. The summed E-state index contributed by atoms with van der Waals surface area (Å²) in [5.41, 5.74) is 1.49. The Morgan fingerprint density at radius 2 is 2.24 bits per heavy atom. The number of carbonyl (C=O) groups is 1. The van der Waals surface area contributed by atoms with Gasteiger partial charge in [0, 0.05) is 24.8 Å². The Morgan fingerprint density at radius 1 is 1.48 bits per heavy atom. The van der Waals surface area contributed by atoms with Crippen LogP contribution in [-0.4, -0.2) is 41.7 Å². The molecular formula is C16H25N3O2. The predicted octanol–water partition coefficient (Wildman–Crippen LogP) is 2.35. The van der Waals surface area contributed by atoms with Crippen molar-refractivity contribution in [2.24, 2.45) is 0 Å². The molecule has 2 amide bonds. The highest BCUT2D eigenvalue weighted by Gasteiger charge is 2.27. The molecule has 1 unspecified atom stereocenters. The SMILES string of the molecule is CCN(CCNC(=O)Nc1cccc(C(C)O)c1)C1CC1. The number of hydrogen-bond donors (Lipinski definition) is 3. The van der Waals surface area contributed by atoms with Gasteiger partial charge in [0.05, 0.1) is 6.10 Å². The van der Waals surface area contributed by atoms with Gasteiger partial charge in [-0.3, -0.25) is 4.90 Å². The number of aliphatic hydroxyl groups excluding tert-OH is 1. The van der Waals surface area contributed by atoms with Gasteiger partial charge >= 0.3 is 6.03 Å². The zero-order valence-corrected chi connectivity index (χ0v) is 12.8. The molecule has 1 aromatic rings. The van der Waals surface area contributed by atoms with Crippen molar-refractivity contribution in [3.63, 3.8) is 0 Å². The van der Waals surface area contributed by atoms with E-state index in [0.29, 0.717) is 12.2 Å². The molecule has 0 aliphatic heterocycles. The van der Waals surface area contributed by atoms with Crippen LogP contribution < -0.4 is 10.6 Å². The number of likely N-dealkylation sites (N-methyl/N-ethyl adjacent to an activating group) is 1. The van der Waals surface area contributed by atoms with Crippen molar-refractivity contribution in [3.8, 4) is 0 Å². The van der Waals surface area contributed by atoms with E-state index in [1.54, 1.807) is 13.0 Å². The Balaban J connectivity index is 1.75. The second-order valence-electron chi connectivity index (χ2n) is 5.54. The van der Waals surface area contributed by atoms with Crippen molar-refractivity contribution in [3.05, 3.63) is 29.8 Å². The number of amides is 2. The summed E-state index contributed by atoms with van der Waals surface area (Å²) >= 11 is 0. The quantitative estimate of drug-likeness (QED) is 0.722. The standard InChI is InChI=1S/C16H25N3O2/c1-3-19(15-7-8-15)10-9-17-16(21)18-14-6-4-5-13(11-14)12(2)20/h4-6,11-12,15,20H,3,7-10H2,1-2H3,(H2,17,18,21). The minimum Gasteiger partial charge on any atom is -0.389 e. The molecule has 0 bridgehead atoms. The highest BCUT2D eigenvalue weighted by atomic mass is 16.3. The van der Waals surface area contributed by atoms with Gasteiger partial charge in [-0.25, -0.2) is 4.79 Å². The monoisotopic (exact) mass is 291 g/mol. The Morgan fingerprint density at radius 3 is 2.86 bits per heavy atom. The van der Waals surface area contributed by atoms with Gasteiger partial charge in [0.2, 0.25) is 0 Å². The Bertz CT molecular complexity index is 472. The number of nitrogens with zero attached hydrogens (tertiary/aromatic N) is 1. The molecule has 21 heavy (non-hydrogen) atoms. The number of anilines is 1. The highest BCUT2D eigenvalue weighted by molar-refractivity contribution is 5.89. The lowest BCUT2D eigenvalue weighted by molar-refractivity contribution is 0.199. The molecule has 0 saturated heterocycles. The third-order valence-electron chi connectivity index (χ3n) is 3.78. The van der Waals surface area contributed by atoms with Crippen molar-refractivity contribution in [1.29, 1.82) is 0 Å². The van der Waals surface area contributed by atoms with E-state index in [9.17, 15) is 9.90 Å². The molecule has 1 aliphatic rings. The van der Waals surface area contributed by atoms with Gasteiger partial charge in [-0.1, -0.05) is 19.1 Å². The summed E-state index contributed by atoms with van der Waals surface area (Å²) < 4.78 is 0. The van der Waals surface area contributed by atoms with Gasteiger partial charge in [0.15, 0.2) is 0 Å². The van der Waals surface area contributed by atoms with Crippen molar-refractivity contribution < 1.29 is 9.90 Å². The maximum absolute atomic E-state index is 11.8. The molecule has 5 nitrogen and oxygen atoms in total.